The third-order valence-electron chi connectivity index (χ3n) is 2.81. The summed E-state index contributed by atoms with van der Waals surface area (Å²) in [5.41, 5.74) is 8.47. The standard InChI is InChI=1S/C15H13N3O2/c16-8-7-10-1-3-11(4-2-10)18-12-5-6-13(15(19)20)14(17)9-12/h1-6,9,18H,7,17H2,(H,19,20). The molecule has 2 rings (SSSR count). The highest BCUT2D eigenvalue weighted by molar-refractivity contribution is 5.94. The minimum Gasteiger partial charge on any atom is -0.478 e. The lowest BCUT2D eigenvalue weighted by Gasteiger charge is -2.09. The highest BCUT2D eigenvalue weighted by Gasteiger charge is 2.07. The number of carbonyl (C=O) groups is 1. The predicted octanol–water partition coefficient (Wildman–Crippen LogP) is 2.78. The van der Waals surface area contributed by atoms with Crippen LogP contribution >= 0.6 is 0 Å². The van der Waals surface area contributed by atoms with Gasteiger partial charge in [-0.2, -0.15) is 5.26 Å². The molecule has 0 bridgehead atoms. The second kappa shape index (κ2) is 5.76. The maximum absolute atomic E-state index is 10.9. The maximum atomic E-state index is 10.9. The van der Waals surface area contributed by atoms with E-state index in [0.29, 0.717) is 12.1 Å². The number of nitrogens with one attached hydrogen (secondary N) is 1. The van der Waals surface area contributed by atoms with Crippen molar-refractivity contribution in [1.29, 1.82) is 5.26 Å². The smallest absolute Gasteiger partial charge is 0.337 e. The zero-order valence-corrected chi connectivity index (χ0v) is 10.6. The van der Waals surface area contributed by atoms with Crippen molar-refractivity contribution in [3.05, 3.63) is 53.6 Å². The summed E-state index contributed by atoms with van der Waals surface area (Å²) >= 11 is 0. The van der Waals surface area contributed by atoms with Gasteiger partial charge in [0, 0.05) is 17.1 Å². The number of aromatic carboxylic acids is 1. The van der Waals surface area contributed by atoms with Crippen LogP contribution in [0.3, 0.4) is 0 Å². The monoisotopic (exact) mass is 267 g/mol. The van der Waals surface area contributed by atoms with Gasteiger partial charge in [0.05, 0.1) is 18.1 Å². The van der Waals surface area contributed by atoms with Crippen molar-refractivity contribution in [2.24, 2.45) is 0 Å². The fourth-order valence-corrected chi connectivity index (χ4v) is 1.80. The summed E-state index contributed by atoms with van der Waals surface area (Å²) in [5, 5.41) is 20.6. The van der Waals surface area contributed by atoms with Crippen molar-refractivity contribution >= 4 is 23.0 Å². The number of nitrogens with two attached hydrogens (primary N) is 1. The number of benzene rings is 2. The van der Waals surface area contributed by atoms with Crippen LogP contribution in [0.4, 0.5) is 17.1 Å². The molecule has 4 N–H and O–H groups in total. The molecule has 0 heterocycles. The first kappa shape index (κ1) is 13.4. The van der Waals surface area contributed by atoms with E-state index in [1.54, 1.807) is 12.1 Å². The Kier molecular flexibility index (Phi) is 3.87. The highest BCUT2D eigenvalue weighted by atomic mass is 16.4. The van der Waals surface area contributed by atoms with Gasteiger partial charge in [0.25, 0.3) is 0 Å². The average Bonchev–Trinajstić information content (AvgIpc) is 2.41. The number of anilines is 3. The van der Waals surface area contributed by atoms with E-state index in [0.717, 1.165) is 11.3 Å². The maximum Gasteiger partial charge on any atom is 0.337 e. The van der Waals surface area contributed by atoms with E-state index < -0.39 is 5.97 Å². The van der Waals surface area contributed by atoms with Gasteiger partial charge >= 0.3 is 5.97 Å². The minimum absolute atomic E-state index is 0.0833. The van der Waals surface area contributed by atoms with Gasteiger partial charge in [-0.15, -0.1) is 0 Å². The van der Waals surface area contributed by atoms with Crippen LogP contribution < -0.4 is 11.1 Å². The van der Waals surface area contributed by atoms with E-state index in [1.807, 2.05) is 24.3 Å². The molecule has 0 aromatic heterocycles. The van der Waals surface area contributed by atoms with Crippen LogP contribution in [0.5, 0.6) is 0 Å². The van der Waals surface area contributed by atoms with Gasteiger partial charge in [0.15, 0.2) is 0 Å². The van der Waals surface area contributed by atoms with Crippen LogP contribution in [0.15, 0.2) is 42.5 Å². The number of carboxylic acids is 1. The van der Waals surface area contributed by atoms with Gasteiger partial charge in [-0.1, -0.05) is 12.1 Å². The third-order valence-corrected chi connectivity index (χ3v) is 2.81. The molecule has 2 aromatic rings. The number of rotatable bonds is 4. The molecular weight excluding hydrogens is 254 g/mol. The molecule has 0 aliphatic heterocycles. The lowest BCUT2D eigenvalue weighted by atomic mass is 10.1. The topological polar surface area (TPSA) is 99.1 Å². The summed E-state index contributed by atoms with van der Waals surface area (Å²) in [5.74, 6) is -1.05. The lowest BCUT2D eigenvalue weighted by molar-refractivity contribution is 0.0698. The van der Waals surface area contributed by atoms with E-state index in [9.17, 15) is 4.79 Å². The average molecular weight is 267 g/mol. The van der Waals surface area contributed by atoms with Gasteiger partial charge in [0.2, 0.25) is 0 Å². The number of hydrogen-bond acceptors (Lipinski definition) is 4. The largest absolute Gasteiger partial charge is 0.478 e. The molecule has 0 aliphatic rings. The Morgan fingerprint density at radius 3 is 2.40 bits per heavy atom. The first-order valence-electron chi connectivity index (χ1n) is 5.96. The summed E-state index contributed by atoms with van der Waals surface area (Å²) in [4.78, 5) is 10.9. The van der Waals surface area contributed by atoms with Crippen molar-refractivity contribution in [3.8, 4) is 6.07 Å². The molecule has 0 spiro atoms. The second-order valence-corrected chi connectivity index (χ2v) is 4.26. The first-order valence-corrected chi connectivity index (χ1v) is 5.96. The van der Waals surface area contributed by atoms with Crippen molar-refractivity contribution in [1.82, 2.24) is 0 Å². The second-order valence-electron chi connectivity index (χ2n) is 4.26. The molecule has 0 saturated heterocycles. The molecule has 0 amide bonds. The molecule has 100 valence electrons. The molecule has 0 atom stereocenters. The van der Waals surface area contributed by atoms with Crippen LogP contribution in [0.1, 0.15) is 15.9 Å². The number of hydrogen-bond donors (Lipinski definition) is 3. The van der Waals surface area contributed by atoms with Gasteiger partial charge in [0.1, 0.15) is 0 Å². The minimum atomic E-state index is -1.05. The van der Waals surface area contributed by atoms with Gasteiger partial charge in [-0.3, -0.25) is 0 Å². The van der Waals surface area contributed by atoms with Crippen molar-refractivity contribution in [3.63, 3.8) is 0 Å². The normalized spacial score (nSPS) is 9.75. The van der Waals surface area contributed by atoms with E-state index in [4.69, 9.17) is 16.1 Å². The van der Waals surface area contributed by atoms with E-state index >= 15 is 0 Å². The van der Waals surface area contributed by atoms with Crippen molar-refractivity contribution in [2.75, 3.05) is 11.1 Å². The number of nitrogen functional groups attached to an aromatic ring is 1. The van der Waals surface area contributed by atoms with Crippen LogP contribution in [0.25, 0.3) is 0 Å². The summed E-state index contributed by atoms with van der Waals surface area (Å²) in [6.07, 6.45) is 0.376. The summed E-state index contributed by atoms with van der Waals surface area (Å²) in [6, 6.07) is 14.2. The number of carboxylic acid groups (broad SMARTS) is 1. The Morgan fingerprint density at radius 2 is 1.85 bits per heavy atom. The van der Waals surface area contributed by atoms with E-state index in [1.165, 1.54) is 6.07 Å². The summed E-state index contributed by atoms with van der Waals surface area (Å²) in [7, 11) is 0. The Bertz CT molecular complexity index is 673. The molecule has 0 fully saturated rings. The summed E-state index contributed by atoms with van der Waals surface area (Å²) < 4.78 is 0. The zero-order valence-electron chi connectivity index (χ0n) is 10.6. The van der Waals surface area contributed by atoms with E-state index in [-0.39, 0.29) is 11.3 Å². The Morgan fingerprint density at radius 1 is 1.20 bits per heavy atom. The van der Waals surface area contributed by atoms with Crippen LogP contribution in [-0.4, -0.2) is 11.1 Å². The van der Waals surface area contributed by atoms with E-state index in [2.05, 4.69) is 11.4 Å². The first-order chi connectivity index (χ1) is 9.60. The molecule has 5 nitrogen and oxygen atoms in total. The fourth-order valence-electron chi connectivity index (χ4n) is 1.80. The predicted molar refractivity (Wildman–Crippen MR) is 76.9 cm³/mol. The molecule has 0 saturated carbocycles. The van der Waals surface area contributed by atoms with Gasteiger partial charge < -0.3 is 16.2 Å². The molecular formula is C15H13N3O2. The SMILES string of the molecule is N#CCc1ccc(Nc2ccc(C(=O)O)c(N)c2)cc1. The van der Waals surface area contributed by atoms with Gasteiger partial charge in [-0.25, -0.2) is 4.79 Å². The molecule has 5 heteroatoms. The number of nitriles is 1. The Hall–Kier alpha value is -3.00. The number of nitrogens with zero attached hydrogens (tertiary/aromatic N) is 1. The molecule has 0 unspecified atom stereocenters. The van der Waals surface area contributed by atoms with Crippen molar-refractivity contribution < 1.29 is 9.90 Å². The third kappa shape index (κ3) is 3.06. The Labute approximate surface area is 116 Å². The molecule has 0 radical (unpaired) electrons. The Balaban J connectivity index is 2.16. The summed E-state index contributed by atoms with van der Waals surface area (Å²) in [6.45, 7) is 0. The van der Waals surface area contributed by atoms with Gasteiger partial charge in [-0.05, 0) is 35.9 Å². The van der Waals surface area contributed by atoms with Crippen LogP contribution in [0.2, 0.25) is 0 Å². The molecule has 0 aliphatic carbocycles. The lowest BCUT2D eigenvalue weighted by Crippen LogP contribution is -2.03. The van der Waals surface area contributed by atoms with Crippen LogP contribution in [0, 0.1) is 11.3 Å². The van der Waals surface area contributed by atoms with Crippen LogP contribution in [-0.2, 0) is 6.42 Å². The zero-order chi connectivity index (χ0) is 14.5. The molecule has 20 heavy (non-hydrogen) atoms. The molecule has 2 aromatic carbocycles. The highest BCUT2D eigenvalue weighted by Crippen LogP contribution is 2.22. The quantitative estimate of drug-likeness (QED) is 0.740. The van der Waals surface area contributed by atoms with Crippen molar-refractivity contribution in [2.45, 2.75) is 6.42 Å². The fraction of sp³-hybridized carbons (Fsp3) is 0.0667.